The third-order valence-electron chi connectivity index (χ3n) is 3.54. The highest BCUT2D eigenvalue weighted by molar-refractivity contribution is 7.09. The summed E-state index contributed by atoms with van der Waals surface area (Å²) in [4.78, 5) is 25.5. The Bertz CT molecular complexity index is 868. The zero-order valence-corrected chi connectivity index (χ0v) is 12.2. The van der Waals surface area contributed by atoms with Crippen LogP contribution in [0.25, 0.3) is 10.9 Å². The van der Waals surface area contributed by atoms with Crippen molar-refractivity contribution in [3.63, 3.8) is 0 Å². The summed E-state index contributed by atoms with van der Waals surface area (Å²) in [7, 11) is 1.65. The molecule has 0 bridgehead atoms. The number of pyridine rings is 1. The molecule has 3 aromatic heterocycles. The zero-order valence-electron chi connectivity index (χ0n) is 11.3. The lowest BCUT2D eigenvalue weighted by Gasteiger charge is -2.09. The van der Waals surface area contributed by atoms with Crippen LogP contribution in [0.3, 0.4) is 0 Å². The standard InChI is InChI=1S/C14H15N3O2S/c1-9-13-11(15-16(2)14(13)19)8-12(18)17(9)6-5-10-4-3-7-20-10/h3-4,7-8,15H,5-6H2,1-2H3. The van der Waals surface area contributed by atoms with E-state index >= 15 is 0 Å². The van der Waals surface area contributed by atoms with Gasteiger partial charge in [-0.2, -0.15) is 0 Å². The van der Waals surface area contributed by atoms with Gasteiger partial charge in [-0.1, -0.05) is 6.07 Å². The van der Waals surface area contributed by atoms with Crippen LogP contribution in [0.2, 0.25) is 0 Å². The van der Waals surface area contributed by atoms with E-state index in [2.05, 4.69) is 11.2 Å². The molecule has 0 aliphatic carbocycles. The number of nitrogens with zero attached hydrogens (tertiary/aromatic N) is 2. The SMILES string of the molecule is Cc1c2c(=O)n(C)[nH]c2cc(=O)n1CCc1cccs1. The molecule has 0 aliphatic rings. The van der Waals surface area contributed by atoms with E-state index in [-0.39, 0.29) is 11.1 Å². The van der Waals surface area contributed by atoms with E-state index in [1.807, 2.05) is 18.4 Å². The molecular formula is C14H15N3O2S. The van der Waals surface area contributed by atoms with Gasteiger partial charge in [0.1, 0.15) is 0 Å². The van der Waals surface area contributed by atoms with E-state index in [0.29, 0.717) is 17.4 Å². The van der Waals surface area contributed by atoms with Crippen molar-refractivity contribution in [2.75, 3.05) is 0 Å². The predicted molar refractivity (Wildman–Crippen MR) is 80.6 cm³/mol. The van der Waals surface area contributed by atoms with Crippen molar-refractivity contribution in [1.29, 1.82) is 0 Å². The smallest absolute Gasteiger partial charge is 0.275 e. The van der Waals surface area contributed by atoms with Crippen molar-refractivity contribution in [1.82, 2.24) is 14.3 Å². The number of aromatic amines is 1. The molecule has 0 aromatic carbocycles. The molecule has 0 radical (unpaired) electrons. The van der Waals surface area contributed by atoms with Crippen molar-refractivity contribution < 1.29 is 0 Å². The summed E-state index contributed by atoms with van der Waals surface area (Å²) in [6.45, 7) is 2.42. The van der Waals surface area contributed by atoms with Crippen molar-refractivity contribution in [3.05, 3.63) is 54.9 Å². The number of nitrogens with one attached hydrogen (secondary N) is 1. The quantitative estimate of drug-likeness (QED) is 0.797. The van der Waals surface area contributed by atoms with Gasteiger partial charge in [0.25, 0.3) is 11.1 Å². The Morgan fingerprint density at radius 1 is 1.35 bits per heavy atom. The first-order valence-electron chi connectivity index (χ1n) is 6.39. The molecule has 3 heterocycles. The largest absolute Gasteiger partial charge is 0.312 e. The minimum atomic E-state index is -0.0950. The zero-order chi connectivity index (χ0) is 14.3. The summed E-state index contributed by atoms with van der Waals surface area (Å²) in [6.07, 6.45) is 0.800. The van der Waals surface area contributed by atoms with Crippen LogP contribution in [0.15, 0.2) is 33.2 Å². The van der Waals surface area contributed by atoms with Crippen LogP contribution < -0.4 is 11.1 Å². The van der Waals surface area contributed by atoms with E-state index in [0.717, 1.165) is 12.1 Å². The number of H-pyrrole nitrogens is 1. The number of thiophene rings is 1. The molecule has 0 saturated carbocycles. The highest BCUT2D eigenvalue weighted by atomic mass is 32.1. The summed E-state index contributed by atoms with van der Waals surface area (Å²) < 4.78 is 3.08. The van der Waals surface area contributed by atoms with Gasteiger partial charge in [-0.25, -0.2) is 0 Å². The van der Waals surface area contributed by atoms with Crippen LogP contribution in [0.5, 0.6) is 0 Å². The fourth-order valence-corrected chi connectivity index (χ4v) is 3.18. The minimum Gasteiger partial charge on any atom is -0.312 e. The molecule has 5 nitrogen and oxygen atoms in total. The van der Waals surface area contributed by atoms with Crippen LogP contribution in [0.4, 0.5) is 0 Å². The highest BCUT2D eigenvalue weighted by Crippen LogP contribution is 2.13. The van der Waals surface area contributed by atoms with Crippen LogP contribution >= 0.6 is 11.3 Å². The lowest BCUT2D eigenvalue weighted by Crippen LogP contribution is -2.24. The summed E-state index contributed by atoms with van der Waals surface area (Å²) >= 11 is 1.68. The van der Waals surface area contributed by atoms with E-state index in [4.69, 9.17) is 0 Å². The van der Waals surface area contributed by atoms with Gasteiger partial charge in [-0.15, -0.1) is 11.3 Å². The molecule has 0 saturated heterocycles. The van der Waals surface area contributed by atoms with Crippen LogP contribution in [0.1, 0.15) is 10.6 Å². The topological polar surface area (TPSA) is 59.8 Å². The summed E-state index contributed by atoms with van der Waals surface area (Å²) in [5.41, 5.74) is 1.16. The molecule has 0 unspecified atom stereocenters. The predicted octanol–water partition coefficient (Wildman–Crippen LogP) is 1.64. The maximum Gasteiger partial charge on any atom is 0.275 e. The van der Waals surface area contributed by atoms with Crippen LogP contribution in [-0.2, 0) is 20.0 Å². The van der Waals surface area contributed by atoms with Crippen LogP contribution in [-0.4, -0.2) is 14.3 Å². The molecular weight excluding hydrogens is 274 g/mol. The Hall–Kier alpha value is -2.08. The fourth-order valence-electron chi connectivity index (χ4n) is 2.48. The number of hydrogen-bond donors (Lipinski definition) is 1. The maximum atomic E-state index is 12.2. The Morgan fingerprint density at radius 2 is 2.15 bits per heavy atom. The first kappa shape index (κ1) is 12.9. The fraction of sp³-hybridized carbons (Fsp3) is 0.286. The average molecular weight is 289 g/mol. The lowest BCUT2D eigenvalue weighted by atomic mass is 10.2. The van der Waals surface area contributed by atoms with Gasteiger partial charge in [0.15, 0.2) is 0 Å². The van der Waals surface area contributed by atoms with Gasteiger partial charge in [0, 0.05) is 30.2 Å². The van der Waals surface area contributed by atoms with Gasteiger partial charge in [-0.3, -0.25) is 19.4 Å². The van der Waals surface area contributed by atoms with E-state index < -0.39 is 0 Å². The second kappa shape index (κ2) is 4.79. The summed E-state index contributed by atoms with van der Waals surface area (Å²) in [5, 5.41) is 5.52. The minimum absolute atomic E-state index is 0.0755. The normalized spacial score (nSPS) is 11.3. The van der Waals surface area contributed by atoms with E-state index in [1.165, 1.54) is 15.6 Å². The van der Waals surface area contributed by atoms with Gasteiger partial charge in [0.05, 0.1) is 10.9 Å². The van der Waals surface area contributed by atoms with Gasteiger partial charge >= 0.3 is 0 Å². The molecule has 0 amide bonds. The summed E-state index contributed by atoms with van der Waals surface area (Å²) in [6, 6.07) is 5.55. The third-order valence-corrected chi connectivity index (χ3v) is 4.47. The molecule has 1 N–H and O–H groups in total. The van der Waals surface area contributed by atoms with Gasteiger partial charge in [-0.05, 0) is 24.8 Å². The third kappa shape index (κ3) is 2.02. The van der Waals surface area contributed by atoms with Crippen molar-refractivity contribution >= 4 is 22.2 Å². The average Bonchev–Trinajstić information content (AvgIpc) is 2.99. The number of aromatic nitrogens is 3. The van der Waals surface area contributed by atoms with E-state index in [9.17, 15) is 9.59 Å². The summed E-state index contributed by atoms with van der Waals surface area (Å²) in [5.74, 6) is 0. The number of aryl methyl sites for hydroxylation is 3. The molecule has 104 valence electrons. The highest BCUT2D eigenvalue weighted by Gasteiger charge is 2.12. The molecule has 6 heteroatoms. The Balaban J connectivity index is 2.08. The molecule has 0 spiro atoms. The van der Waals surface area contributed by atoms with Crippen molar-refractivity contribution in [2.45, 2.75) is 19.9 Å². The second-order valence-corrected chi connectivity index (χ2v) is 5.85. The number of rotatable bonds is 3. The molecule has 0 aliphatic heterocycles. The monoisotopic (exact) mass is 289 g/mol. The van der Waals surface area contributed by atoms with Crippen LogP contribution in [0, 0.1) is 6.92 Å². The molecule has 0 atom stereocenters. The van der Waals surface area contributed by atoms with E-state index in [1.54, 1.807) is 23.0 Å². The molecule has 0 fully saturated rings. The molecule has 3 aromatic rings. The number of fused-ring (bicyclic) bond motifs is 1. The second-order valence-electron chi connectivity index (χ2n) is 4.81. The van der Waals surface area contributed by atoms with Crippen molar-refractivity contribution in [3.8, 4) is 0 Å². The maximum absolute atomic E-state index is 12.2. The molecule has 20 heavy (non-hydrogen) atoms. The Labute approximate surface area is 119 Å². The number of hydrogen-bond acceptors (Lipinski definition) is 3. The van der Waals surface area contributed by atoms with Crippen molar-refractivity contribution in [2.24, 2.45) is 7.05 Å². The first-order chi connectivity index (χ1) is 9.58. The molecule has 3 rings (SSSR count). The first-order valence-corrected chi connectivity index (χ1v) is 7.27. The lowest BCUT2D eigenvalue weighted by molar-refractivity contribution is 0.659. The Morgan fingerprint density at radius 3 is 2.85 bits per heavy atom. The Kier molecular flexibility index (Phi) is 3.10. The van der Waals surface area contributed by atoms with Gasteiger partial charge in [0.2, 0.25) is 0 Å². The van der Waals surface area contributed by atoms with Gasteiger partial charge < -0.3 is 4.57 Å².